The van der Waals surface area contributed by atoms with E-state index in [-0.39, 0.29) is 24.4 Å². The predicted octanol–water partition coefficient (Wildman–Crippen LogP) is 2.89. The Labute approximate surface area is 171 Å². The van der Waals surface area contributed by atoms with Crippen LogP contribution >= 0.6 is 0 Å². The molecule has 0 unspecified atom stereocenters. The van der Waals surface area contributed by atoms with Crippen molar-refractivity contribution in [1.82, 2.24) is 20.5 Å². The van der Waals surface area contributed by atoms with Crippen LogP contribution in [0.5, 0.6) is 0 Å². The van der Waals surface area contributed by atoms with Gasteiger partial charge < -0.3 is 10.6 Å². The third kappa shape index (κ3) is 4.17. The molecule has 1 aromatic carbocycles. The van der Waals surface area contributed by atoms with E-state index in [9.17, 15) is 9.59 Å². The highest BCUT2D eigenvalue weighted by atomic mass is 16.2. The van der Waals surface area contributed by atoms with Crippen LogP contribution < -0.4 is 10.6 Å². The van der Waals surface area contributed by atoms with Crippen LogP contribution in [-0.2, 0) is 17.8 Å². The number of piperidine rings is 1. The molecule has 2 aliphatic rings. The summed E-state index contributed by atoms with van der Waals surface area (Å²) in [5.74, 6) is 0.0844. The van der Waals surface area contributed by atoms with E-state index < -0.39 is 5.54 Å². The molecule has 0 aliphatic carbocycles. The molecule has 4 rings (SSSR count). The van der Waals surface area contributed by atoms with Crippen molar-refractivity contribution in [2.75, 3.05) is 13.1 Å². The number of amides is 3. The molecule has 3 amide bonds. The molecular formula is C23H28N4O2. The number of carbonyl (C=O) groups excluding carboxylic acids is 2. The van der Waals surface area contributed by atoms with Crippen LogP contribution in [0.25, 0.3) is 0 Å². The van der Waals surface area contributed by atoms with E-state index >= 15 is 0 Å². The minimum atomic E-state index is -0.795. The van der Waals surface area contributed by atoms with Crippen molar-refractivity contribution < 1.29 is 9.59 Å². The fraction of sp³-hybridized carbons (Fsp3) is 0.435. The van der Waals surface area contributed by atoms with Crippen molar-refractivity contribution in [2.45, 2.75) is 44.2 Å². The maximum absolute atomic E-state index is 13.6. The number of nitrogens with one attached hydrogen (secondary N) is 2. The van der Waals surface area contributed by atoms with Crippen molar-refractivity contribution in [3.63, 3.8) is 0 Å². The average molecular weight is 393 g/mol. The Balaban J connectivity index is 1.53. The maximum atomic E-state index is 13.6. The van der Waals surface area contributed by atoms with E-state index in [1.54, 1.807) is 12.4 Å². The van der Waals surface area contributed by atoms with E-state index in [0.29, 0.717) is 6.42 Å². The zero-order valence-corrected chi connectivity index (χ0v) is 16.6. The second-order valence-corrected chi connectivity index (χ2v) is 8.02. The Kier molecular flexibility index (Phi) is 5.90. The standard InChI is InChI=1S/C23H28N4O2/c28-21-23(20-10-14-24-15-11-20,12-4-8-18-6-2-1-3-7-18)26-22(29)27(21)17-19-9-5-13-25-16-19/h1-3,5-7,9,13,16,20,24H,4,8,10-12,14-15,17H2,(H,26,29)/t23-/m1/s1. The number of benzene rings is 1. The van der Waals surface area contributed by atoms with Crippen LogP contribution in [0.3, 0.4) is 0 Å². The Bertz CT molecular complexity index is 836. The molecule has 1 aromatic heterocycles. The lowest BCUT2D eigenvalue weighted by Crippen LogP contribution is -2.55. The number of hydrogen-bond acceptors (Lipinski definition) is 4. The Morgan fingerprint density at radius 2 is 1.79 bits per heavy atom. The average Bonchev–Trinajstić information content (AvgIpc) is 3.01. The highest BCUT2D eigenvalue weighted by Crippen LogP contribution is 2.36. The molecule has 152 valence electrons. The van der Waals surface area contributed by atoms with Crippen LogP contribution in [0.1, 0.15) is 36.8 Å². The summed E-state index contributed by atoms with van der Waals surface area (Å²) in [6.45, 7) is 2.04. The highest BCUT2D eigenvalue weighted by molar-refractivity contribution is 6.07. The largest absolute Gasteiger partial charge is 0.325 e. The van der Waals surface area contributed by atoms with Gasteiger partial charge in [-0.25, -0.2) is 4.79 Å². The van der Waals surface area contributed by atoms with Crippen molar-refractivity contribution in [3.05, 3.63) is 66.0 Å². The van der Waals surface area contributed by atoms with Crippen molar-refractivity contribution >= 4 is 11.9 Å². The lowest BCUT2D eigenvalue weighted by molar-refractivity contribution is -0.134. The first-order valence-electron chi connectivity index (χ1n) is 10.5. The first-order valence-corrected chi connectivity index (χ1v) is 10.5. The summed E-state index contributed by atoms with van der Waals surface area (Å²) in [6, 6.07) is 13.8. The quantitative estimate of drug-likeness (QED) is 0.711. The van der Waals surface area contributed by atoms with Gasteiger partial charge in [0.2, 0.25) is 0 Å². The molecule has 0 saturated carbocycles. The van der Waals surface area contributed by atoms with Gasteiger partial charge in [-0.15, -0.1) is 0 Å². The molecule has 3 heterocycles. The normalized spacial score (nSPS) is 22.7. The Morgan fingerprint density at radius 1 is 1.03 bits per heavy atom. The molecule has 2 N–H and O–H groups in total. The van der Waals surface area contributed by atoms with Gasteiger partial charge in [0.1, 0.15) is 5.54 Å². The first kappa shape index (κ1) is 19.6. The second kappa shape index (κ2) is 8.74. The zero-order valence-electron chi connectivity index (χ0n) is 16.6. The summed E-state index contributed by atoms with van der Waals surface area (Å²) in [6.07, 6.45) is 7.63. The zero-order chi connectivity index (χ0) is 20.1. The summed E-state index contributed by atoms with van der Waals surface area (Å²) in [7, 11) is 0. The highest BCUT2D eigenvalue weighted by Gasteiger charge is 2.54. The van der Waals surface area contributed by atoms with E-state index in [1.165, 1.54) is 10.5 Å². The number of rotatable bonds is 7. The number of hydrogen-bond donors (Lipinski definition) is 2. The molecule has 29 heavy (non-hydrogen) atoms. The minimum Gasteiger partial charge on any atom is -0.323 e. The predicted molar refractivity (Wildman–Crippen MR) is 111 cm³/mol. The van der Waals surface area contributed by atoms with Gasteiger partial charge in [-0.1, -0.05) is 36.4 Å². The number of urea groups is 1. The number of nitrogens with zero attached hydrogens (tertiary/aromatic N) is 2. The number of pyridine rings is 1. The van der Waals surface area contributed by atoms with Gasteiger partial charge in [0, 0.05) is 12.4 Å². The van der Waals surface area contributed by atoms with Crippen molar-refractivity contribution in [3.8, 4) is 0 Å². The third-order valence-corrected chi connectivity index (χ3v) is 6.18. The van der Waals surface area contributed by atoms with E-state index in [4.69, 9.17) is 0 Å². The number of imide groups is 1. The Hall–Kier alpha value is -2.73. The van der Waals surface area contributed by atoms with Crippen LogP contribution in [0.4, 0.5) is 4.79 Å². The Morgan fingerprint density at radius 3 is 2.52 bits per heavy atom. The molecule has 0 radical (unpaired) electrons. The molecular weight excluding hydrogens is 364 g/mol. The molecule has 2 saturated heterocycles. The molecule has 2 aromatic rings. The van der Waals surface area contributed by atoms with Gasteiger partial charge >= 0.3 is 6.03 Å². The molecule has 1 atom stereocenters. The first-order chi connectivity index (χ1) is 14.2. The molecule has 2 fully saturated rings. The fourth-order valence-electron chi connectivity index (χ4n) is 4.64. The number of aryl methyl sites for hydroxylation is 1. The lowest BCUT2D eigenvalue weighted by Gasteiger charge is -2.38. The van der Waals surface area contributed by atoms with E-state index in [1.807, 2.05) is 30.3 Å². The third-order valence-electron chi connectivity index (χ3n) is 6.18. The minimum absolute atomic E-state index is 0.0775. The molecule has 6 heteroatoms. The van der Waals surface area contributed by atoms with Gasteiger partial charge in [-0.3, -0.25) is 14.7 Å². The summed E-state index contributed by atoms with van der Waals surface area (Å²) < 4.78 is 0. The maximum Gasteiger partial charge on any atom is 0.325 e. The van der Waals surface area contributed by atoms with Gasteiger partial charge in [0.15, 0.2) is 0 Å². The van der Waals surface area contributed by atoms with Crippen LogP contribution in [-0.4, -0.2) is 40.5 Å². The molecule has 0 spiro atoms. The molecule has 6 nitrogen and oxygen atoms in total. The molecule has 0 bridgehead atoms. The van der Waals surface area contributed by atoms with Crippen molar-refractivity contribution in [1.29, 1.82) is 0 Å². The summed E-state index contributed by atoms with van der Waals surface area (Å²) in [5, 5.41) is 6.50. The van der Waals surface area contributed by atoms with Gasteiger partial charge in [-0.05, 0) is 68.3 Å². The summed E-state index contributed by atoms with van der Waals surface area (Å²) >= 11 is 0. The van der Waals surface area contributed by atoms with Crippen LogP contribution in [0, 0.1) is 5.92 Å². The lowest BCUT2D eigenvalue weighted by atomic mass is 9.74. The number of aromatic nitrogens is 1. The second-order valence-electron chi connectivity index (χ2n) is 8.02. The summed E-state index contributed by atoms with van der Waals surface area (Å²) in [5.41, 5.74) is 1.33. The van der Waals surface area contributed by atoms with Crippen LogP contribution in [0.2, 0.25) is 0 Å². The van der Waals surface area contributed by atoms with Gasteiger partial charge in [-0.2, -0.15) is 0 Å². The fourth-order valence-corrected chi connectivity index (χ4v) is 4.64. The van der Waals surface area contributed by atoms with E-state index in [0.717, 1.165) is 44.3 Å². The molecule has 2 aliphatic heterocycles. The smallest absolute Gasteiger partial charge is 0.323 e. The monoisotopic (exact) mass is 392 g/mol. The number of carbonyl (C=O) groups is 2. The van der Waals surface area contributed by atoms with Gasteiger partial charge in [0.05, 0.1) is 6.54 Å². The van der Waals surface area contributed by atoms with Crippen molar-refractivity contribution in [2.24, 2.45) is 5.92 Å². The topological polar surface area (TPSA) is 74.3 Å². The van der Waals surface area contributed by atoms with E-state index in [2.05, 4.69) is 27.8 Å². The van der Waals surface area contributed by atoms with Crippen LogP contribution in [0.15, 0.2) is 54.9 Å². The van der Waals surface area contributed by atoms with Gasteiger partial charge in [0.25, 0.3) is 5.91 Å². The SMILES string of the molecule is O=C1N[C@](CCCc2ccccc2)(C2CCNCC2)C(=O)N1Cc1cccnc1. The summed E-state index contributed by atoms with van der Waals surface area (Å²) in [4.78, 5) is 31.9.